The van der Waals surface area contributed by atoms with Gasteiger partial charge in [-0.25, -0.2) is 0 Å². The van der Waals surface area contributed by atoms with Gasteiger partial charge in [0, 0.05) is 22.7 Å². The number of amides is 1. The molecule has 3 rings (SSSR count). The highest BCUT2D eigenvalue weighted by Crippen LogP contribution is 2.24. The highest BCUT2D eigenvalue weighted by molar-refractivity contribution is 6.03. The van der Waals surface area contributed by atoms with E-state index in [-0.39, 0.29) is 11.7 Å². The van der Waals surface area contributed by atoms with Crippen LogP contribution in [0.5, 0.6) is 5.75 Å². The van der Waals surface area contributed by atoms with Crippen molar-refractivity contribution >= 4 is 34.4 Å². The minimum atomic E-state index is -0.307. The summed E-state index contributed by atoms with van der Waals surface area (Å²) >= 11 is 0. The quantitative estimate of drug-likeness (QED) is 0.558. The molecular weight excluding hydrogens is 318 g/mol. The molecule has 25 heavy (non-hydrogen) atoms. The monoisotopic (exact) mass is 335 g/mol. The molecule has 0 aliphatic heterocycles. The van der Waals surface area contributed by atoms with E-state index in [1.54, 1.807) is 37.5 Å². The third-order valence-electron chi connectivity index (χ3n) is 3.68. The molecular formula is C20H17NO4. The molecule has 0 spiro atoms. The molecule has 5 nitrogen and oxygen atoms in total. The number of fused-ring (bicyclic) bond motifs is 1. The van der Waals surface area contributed by atoms with Crippen LogP contribution in [0.2, 0.25) is 0 Å². The van der Waals surface area contributed by atoms with E-state index in [2.05, 4.69) is 5.32 Å². The van der Waals surface area contributed by atoms with Crippen LogP contribution in [0.4, 0.5) is 5.69 Å². The summed E-state index contributed by atoms with van der Waals surface area (Å²) in [6.45, 7) is 1.48. The summed E-state index contributed by atoms with van der Waals surface area (Å²) in [5.74, 6) is 0.950. The van der Waals surface area contributed by atoms with Crippen LogP contribution in [-0.4, -0.2) is 18.8 Å². The lowest BCUT2D eigenvalue weighted by atomic mass is 10.1. The number of Topliss-reactive ketones (excluding diaryl/α,β-unsaturated/α-hetero) is 1. The Balaban J connectivity index is 1.72. The number of methoxy groups -OCH3 is 1. The van der Waals surface area contributed by atoms with Crippen molar-refractivity contribution in [3.8, 4) is 5.75 Å². The van der Waals surface area contributed by atoms with Gasteiger partial charge in [0.05, 0.1) is 7.11 Å². The van der Waals surface area contributed by atoms with Gasteiger partial charge in [-0.05, 0) is 49.4 Å². The van der Waals surface area contributed by atoms with Crippen molar-refractivity contribution in [2.75, 3.05) is 12.4 Å². The van der Waals surface area contributed by atoms with Crippen molar-refractivity contribution in [3.63, 3.8) is 0 Å². The molecule has 0 fully saturated rings. The first-order chi connectivity index (χ1) is 12.0. The maximum absolute atomic E-state index is 12.0. The van der Waals surface area contributed by atoms with Crippen LogP contribution in [0.3, 0.4) is 0 Å². The van der Waals surface area contributed by atoms with Crippen molar-refractivity contribution in [1.82, 2.24) is 0 Å². The molecule has 126 valence electrons. The minimum Gasteiger partial charge on any atom is -0.497 e. The van der Waals surface area contributed by atoms with Gasteiger partial charge in [-0.15, -0.1) is 0 Å². The molecule has 1 amide bonds. The number of hydrogen-bond donors (Lipinski definition) is 1. The average Bonchev–Trinajstić information content (AvgIpc) is 3.02. The largest absolute Gasteiger partial charge is 0.497 e. The maximum Gasteiger partial charge on any atom is 0.248 e. The van der Waals surface area contributed by atoms with E-state index in [0.717, 1.165) is 16.7 Å². The number of nitrogens with one attached hydrogen (secondary N) is 1. The first kappa shape index (κ1) is 16.5. The van der Waals surface area contributed by atoms with Crippen molar-refractivity contribution < 1.29 is 18.7 Å². The zero-order chi connectivity index (χ0) is 17.8. The van der Waals surface area contributed by atoms with E-state index in [9.17, 15) is 9.59 Å². The van der Waals surface area contributed by atoms with Gasteiger partial charge in [0.2, 0.25) is 5.91 Å². The number of ether oxygens (including phenoxy) is 1. The molecule has 0 saturated carbocycles. The van der Waals surface area contributed by atoms with Gasteiger partial charge in [0.1, 0.15) is 17.1 Å². The number of furan rings is 1. The second-order valence-electron chi connectivity index (χ2n) is 5.51. The number of carbonyl (C=O) groups excluding carboxylic acids is 2. The lowest BCUT2D eigenvalue weighted by molar-refractivity contribution is -0.111. The Morgan fingerprint density at radius 3 is 2.72 bits per heavy atom. The van der Waals surface area contributed by atoms with Gasteiger partial charge in [-0.1, -0.05) is 12.1 Å². The Labute approximate surface area is 144 Å². The molecule has 0 atom stereocenters. The summed E-state index contributed by atoms with van der Waals surface area (Å²) in [6.07, 6.45) is 2.98. The minimum absolute atomic E-state index is 0.0515. The number of ketones is 1. The fraction of sp³-hybridized carbons (Fsp3) is 0.100. The molecule has 0 bridgehead atoms. The van der Waals surface area contributed by atoms with Crippen LogP contribution < -0.4 is 10.1 Å². The van der Waals surface area contributed by atoms with Crippen LogP contribution in [-0.2, 0) is 4.79 Å². The summed E-state index contributed by atoms with van der Waals surface area (Å²) in [6, 6.07) is 14.1. The lowest BCUT2D eigenvalue weighted by Crippen LogP contribution is -2.08. The van der Waals surface area contributed by atoms with Gasteiger partial charge < -0.3 is 14.5 Å². The van der Waals surface area contributed by atoms with Gasteiger partial charge in [-0.2, -0.15) is 0 Å². The van der Waals surface area contributed by atoms with E-state index in [1.165, 1.54) is 13.0 Å². The van der Waals surface area contributed by atoms with E-state index in [0.29, 0.717) is 17.0 Å². The van der Waals surface area contributed by atoms with Gasteiger partial charge in [0.25, 0.3) is 0 Å². The zero-order valence-electron chi connectivity index (χ0n) is 13.9. The van der Waals surface area contributed by atoms with Crippen LogP contribution in [0.15, 0.2) is 59.0 Å². The first-order valence-corrected chi connectivity index (χ1v) is 7.73. The molecule has 1 aromatic heterocycles. The van der Waals surface area contributed by atoms with Crippen molar-refractivity contribution in [3.05, 3.63) is 65.9 Å². The van der Waals surface area contributed by atoms with Crippen LogP contribution in [0, 0.1) is 0 Å². The predicted molar refractivity (Wildman–Crippen MR) is 96.9 cm³/mol. The highest BCUT2D eigenvalue weighted by Gasteiger charge is 2.05. The third-order valence-corrected chi connectivity index (χ3v) is 3.68. The topological polar surface area (TPSA) is 68.5 Å². The number of hydrogen-bond acceptors (Lipinski definition) is 4. The number of anilines is 1. The Morgan fingerprint density at radius 1 is 1.12 bits per heavy atom. The smallest absolute Gasteiger partial charge is 0.248 e. The van der Waals surface area contributed by atoms with E-state index >= 15 is 0 Å². The molecule has 1 N–H and O–H groups in total. The molecule has 2 aromatic carbocycles. The van der Waals surface area contributed by atoms with Crippen LogP contribution in [0.1, 0.15) is 23.0 Å². The summed E-state index contributed by atoms with van der Waals surface area (Å²) < 4.78 is 10.8. The SMILES string of the molecule is COc1ccc2oc(/C=C/C(=O)Nc3cccc(C(C)=O)c3)cc2c1. The number of benzene rings is 2. The Morgan fingerprint density at radius 2 is 1.96 bits per heavy atom. The molecule has 5 heteroatoms. The summed E-state index contributed by atoms with van der Waals surface area (Å²) in [7, 11) is 1.60. The van der Waals surface area contributed by atoms with Crippen molar-refractivity contribution in [1.29, 1.82) is 0 Å². The third kappa shape index (κ3) is 3.95. The molecule has 0 aliphatic rings. The number of rotatable bonds is 5. The normalized spacial score (nSPS) is 11.0. The fourth-order valence-corrected chi connectivity index (χ4v) is 2.41. The predicted octanol–water partition coefficient (Wildman–Crippen LogP) is 4.30. The fourth-order valence-electron chi connectivity index (χ4n) is 2.41. The molecule has 1 heterocycles. The number of carbonyl (C=O) groups is 2. The first-order valence-electron chi connectivity index (χ1n) is 7.73. The summed E-state index contributed by atoms with van der Waals surface area (Å²) in [4.78, 5) is 23.4. The van der Waals surface area contributed by atoms with Gasteiger partial charge in [-0.3, -0.25) is 9.59 Å². The van der Waals surface area contributed by atoms with E-state index in [1.807, 2.05) is 24.3 Å². The summed E-state index contributed by atoms with van der Waals surface area (Å²) in [5.41, 5.74) is 1.83. The van der Waals surface area contributed by atoms with Gasteiger partial charge >= 0.3 is 0 Å². The van der Waals surface area contributed by atoms with Crippen molar-refractivity contribution in [2.24, 2.45) is 0 Å². The zero-order valence-corrected chi connectivity index (χ0v) is 13.9. The van der Waals surface area contributed by atoms with Crippen LogP contribution >= 0.6 is 0 Å². The molecule has 0 unspecified atom stereocenters. The Hall–Kier alpha value is -3.34. The van der Waals surface area contributed by atoms with E-state index in [4.69, 9.17) is 9.15 Å². The molecule has 0 saturated heterocycles. The highest BCUT2D eigenvalue weighted by atomic mass is 16.5. The maximum atomic E-state index is 12.0. The second-order valence-corrected chi connectivity index (χ2v) is 5.51. The lowest BCUT2D eigenvalue weighted by Gasteiger charge is -2.03. The van der Waals surface area contributed by atoms with Gasteiger partial charge in [0.15, 0.2) is 5.78 Å². The average molecular weight is 335 g/mol. The molecule has 0 radical (unpaired) electrons. The molecule has 0 aliphatic carbocycles. The van der Waals surface area contributed by atoms with E-state index < -0.39 is 0 Å². The van der Waals surface area contributed by atoms with Crippen molar-refractivity contribution in [2.45, 2.75) is 6.92 Å². The second kappa shape index (κ2) is 7.05. The standard InChI is InChI=1S/C20H17NO4/c1-13(22)14-4-3-5-16(10-14)21-20(23)9-7-18-12-15-11-17(24-2)6-8-19(15)25-18/h3-12H,1-2H3,(H,21,23)/b9-7+. The Kier molecular flexibility index (Phi) is 4.66. The summed E-state index contributed by atoms with van der Waals surface area (Å²) in [5, 5.41) is 3.62. The molecule has 3 aromatic rings. The Bertz CT molecular complexity index is 969. The van der Waals surface area contributed by atoms with Crippen LogP contribution in [0.25, 0.3) is 17.0 Å².